The summed E-state index contributed by atoms with van der Waals surface area (Å²) in [6, 6.07) is 14.0. The molecule has 1 heterocycles. The van der Waals surface area contributed by atoms with Crippen molar-refractivity contribution in [3.05, 3.63) is 71.2 Å². The standard InChI is InChI=1S/C21H23FN4O2/c1-14-10-20(23-13-16-6-9-18(27-2)19(11-16)28-3)26-21(25-14)24-12-15-4-7-17(22)8-5-15/h4-11H,12-13H2,1-3H3,(H2,23,24,25,26). The molecule has 2 aromatic carbocycles. The van der Waals surface area contributed by atoms with Gasteiger partial charge < -0.3 is 20.1 Å². The van der Waals surface area contributed by atoms with Crippen molar-refractivity contribution in [2.45, 2.75) is 20.0 Å². The van der Waals surface area contributed by atoms with Gasteiger partial charge in [0.2, 0.25) is 5.95 Å². The average Bonchev–Trinajstić information content (AvgIpc) is 2.71. The highest BCUT2D eigenvalue weighted by atomic mass is 19.1. The predicted molar refractivity (Wildman–Crippen MR) is 107 cm³/mol. The first-order chi connectivity index (χ1) is 13.6. The first kappa shape index (κ1) is 19.4. The highest BCUT2D eigenvalue weighted by molar-refractivity contribution is 5.46. The second-order valence-electron chi connectivity index (χ2n) is 6.24. The summed E-state index contributed by atoms with van der Waals surface area (Å²) < 4.78 is 23.6. The molecule has 0 aliphatic carbocycles. The Morgan fingerprint density at radius 2 is 1.50 bits per heavy atom. The fourth-order valence-electron chi connectivity index (χ4n) is 2.70. The van der Waals surface area contributed by atoms with Gasteiger partial charge in [-0.1, -0.05) is 18.2 Å². The molecule has 0 atom stereocenters. The zero-order chi connectivity index (χ0) is 19.9. The van der Waals surface area contributed by atoms with Crippen molar-refractivity contribution < 1.29 is 13.9 Å². The Bertz CT molecular complexity index is 932. The fourth-order valence-corrected chi connectivity index (χ4v) is 2.70. The van der Waals surface area contributed by atoms with Gasteiger partial charge in [0.25, 0.3) is 0 Å². The molecule has 0 radical (unpaired) electrons. The van der Waals surface area contributed by atoms with E-state index in [0.29, 0.717) is 36.4 Å². The molecule has 0 saturated heterocycles. The van der Waals surface area contributed by atoms with Gasteiger partial charge in [0.1, 0.15) is 11.6 Å². The number of hydrogen-bond acceptors (Lipinski definition) is 6. The molecule has 28 heavy (non-hydrogen) atoms. The molecular weight excluding hydrogens is 359 g/mol. The van der Waals surface area contributed by atoms with Crippen LogP contribution in [0.2, 0.25) is 0 Å². The third-order valence-electron chi connectivity index (χ3n) is 4.14. The van der Waals surface area contributed by atoms with Crippen LogP contribution in [0.15, 0.2) is 48.5 Å². The number of methoxy groups -OCH3 is 2. The molecule has 0 bridgehead atoms. The number of halogens is 1. The summed E-state index contributed by atoms with van der Waals surface area (Å²) in [5.74, 6) is 2.35. The van der Waals surface area contributed by atoms with Crippen LogP contribution in [0.25, 0.3) is 0 Å². The summed E-state index contributed by atoms with van der Waals surface area (Å²) in [5.41, 5.74) is 2.83. The molecule has 146 valence electrons. The lowest BCUT2D eigenvalue weighted by Crippen LogP contribution is -2.08. The van der Waals surface area contributed by atoms with Crippen LogP contribution in [0.1, 0.15) is 16.8 Å². The molecule has 0 aliphatic rings. The Hall–Kier alpha value is -3.35. The monoisotopic (exact) mass is 382 g/mol. The number of aryl methyl sites for hydroxylation is 1. The van der Waals surface area contributed by atoms with Crippen molar-refractivity contribution in [2.75, 3.05) is 24.9 Å². The first-order valence-corrected chi connectivity index (χ1v) is 8.86. The summed E-state index contributed by atoms with van der Waals surface area (Å²) >= 11 is 0. The number of nitrogens with zero attached hydrogens (tertiary/aromatic N) is 2. The summed E-state index contributed by atoms with van der Waals surface area (Å²) in [6.07, 6.45) is 0. The van der Waals surface area contributed by atoms with Gasteiger partial charge in [-0.15, -0.1) is 0 Å². The van der Waals surface area contributed by atoms with Crippen LogP contribution in [0.3, 0.4) is 0 Å². The Balaban J connectivity index is 1.65. The van der Waals surface area contributed by atoms with E-state index in [1.54, 1.807) is 26.4 Å². The maximum atomic E-state index is 13.0. The number of aromatic nitrogens is 2. The SMILES string of the molecule is COc1ccc(CNc2cc(C)nc(NCc3ccc(F)cc3)n2)cc1OC. The Labute approximate surface area is 163 Å². The molecule has 2 N–H and O–H groups in total. The smallest absolute Gasteiger partial charge is 0.225 e. The highest BCUT2D eigenvalue weighted by Crippen LogP contribution is 2.27. The van der Waals surface area contributed by atoms with E-state index in [9.17, 15) is 4.39 Å². The Morgan fingerprint density at radius 3 is 2.21 bits per heavy atom. The summed E-state index contributed by atoms with van der Waals surface area (Å²) in [5, 5.41) is 6.47. The van der Waals surface area contributed by atoms with Crippen LogP contribution >= 0.6 is 0 Å². The van der Waals surface area contributed by atoms with Crippen LogP contribution in [-0.2, 0) is 13.1 Å². The highest BCUT2D eigenvalue weighted by Gasteiger charge is 2.06. The quantitative estimate of drug-likeness (QED) is 0.610. The number of ether oxygens (including phenoxy) is 2. The molecule has 0 unspecified atom stereocenters. The molecule has 0 spiro atoms. The number of benzene rings is 2. The molecule has 0 saturated carbocycles. The first-order valence-electron chi connectivity index (χ1n) is 8.86. The predicted octanol–water partition coefficient (Wildman–Crippen LogP) is 4.17. The zero-order valence-corrected chi connectivity index (χ0v) is 16.1. The van der Waals surface area contributed by atoms with Gasteiger partial charge in [-0.25, -0.2) is 9.37 Å². The lowest BCUT2D eigenvalue weighted by Gasteiger charge is -2.12. The second-order valence-corrected chi connectivity index (χ2v) is 6.24. The molecule has 6 nitrogen and oxygen atoms in total. The van der Waals surface area contributed by atoms with E-state index in [0.717, 1.165) is 16.8 Å². The van der Waals surface area contributed by atoms with Crippen LogP contribution in [0.5, 0.6) is 11.5 Å². The zero-order valence-electron chi connectivity index (χ0n) is 16.1. The largest absolute Gasteiger partial charge is 0.493 e. The second kappa shape index (κ2) is 9.03. The minimum atomic E-state index is -0.253. The minimum absolute atomic E-state index is 0.253. The Kier molecular flexibility index (Phi) is 6.26. The maximum Gasteiger partial charge on any atom is 0.225 e. The van der Waals surface area contributed by atoms with Crippen LogP contribution in [0.4, 0.5) is 16.2 Å². The minimum Gasteiger partial charge on any atom is -0.493 e. The number of rotatable bonds is 8. The van der Waals surface area contributed by atoms with Gasteiger partial charge in [-0.05, 0) is 42.3 Å². The number of hydrogen-bond donors (Lipinski definition) is 2. The normalized spacial score (nSPS) is 10.4. The summed E-state index contributed by atoms with van der Waals surface area (Å²) in [4.78, 5) is 8.89. The van der Waals surface area contributed by atoms with E-state index in [1.807, 2.05) is 31.2 Å². The van der Waals surface area contributed by atoms with E-state index in [1.165, 1.54) is 12.1 Å². The van der Waals surface area contributed by atoms with Crippen molar-refractivity contribution in [3.63, 3.8) is 0 Å². The summed E-state index contributed by atoms with van der Waals surface area (Å²) in [7, 11) is 3.22. The van der Waals surface area contributed by atoms with Crippen molar-refractivity contribution in [1.29, 1.82) is 0 Å². The number of anilines is 2. The van der Waals surface area contributed by atoms with Crippen molar-refractivity contribution in [2.24, 2.45) is 0 Å². The molecule has 0 fully saturated rings. The van der Waals surface area contributed by atoms with Gasteiger partial charge in [0, 0.05) is 24.8 Å². The van der Waals surface area contributed by atoms with Crippen LogP contribution in [0, 0.1) is 12.7 Å². The van der Waals surface area contributed by atoms with E-state index < -0.39 is 0 Å². The Morgan fingerprint density at radius 1 is 0.821 bits per heavy atom. The van der Waals surface area contributed by atoms with Gasteiger partial charge in [-0.3, -0.25) is 0 Å². The fraction of sp³-hybridized carbons (Fsp3) is 0.238. The molecule has 1 aromatic heterocycles. The molecule has 3 rings (SSSR count). The van der Waals surface area contributed by atoms with Crippen LogP contribution in [-0.4, -0.2) is 24.2 Å². The van der Waals surface area contributed by atoms with Gasteiger partial charge in [-0.2, -0.15) is 4.98 Å². The molecule has 7 heteroatoms. The topological polar surface area (TPSA) is 68.3 Å². The van der Waals surface area contributed by atoms with Crippen molar-refractivity contribution >= 4 is 11.8 Å². The third-order valence-corrected chi connectivity index (χ3v) is 4.14. The maximum absolute atomic E-state index is 13.0. The van der Waals surface area contributed by atoms with Gasteiger partial charge in [0.05, 0.1) is 14.2 Å². The van der Waals surface area contributed by atoms with E-state index >= 15 is 0 Å². The molecule has 3 aromatic rings. The lowest BCUT2D eigenvalue weighted by atomic mass is 10.2. The molecule has 0 amide bonds. The van der Waals surface area contributed by atoms with Gasteiger partial charge in [0.15, 0.2) is 11.5 Å². The van der Waals surface area contributed by atoms with Crippen LogP contribution < -0.4 is 20.1 Å². The van der Waals surface area contributed by atoms with E-state index in [-0.39, 0.29) is 5.82 Å². The summed E-state index contributed by atoms with van der Waals surface area (Å²) in [6.45, 7) is 3.00. The molecular formula is C21H23FN4O2. The number of nitrogens with one attached hydrogen (secondary N) is 2. The molecule has 0 aliphatic heterocycles. The third kappa shape index (κ3) is 5.09. The lowest BCUT2D eigenvalue weighted by molar-refractivity contribution is 0.354. The van der Waals surface area contributed by atoms with Gasteiger partial charge >= 0.3 is 0 Å². The van der Waals surface area contributed by atoms with E-state index in [2.05, 4.69) is 20.6 Å². The van der Waals surface area contributed by atoms with Crippen molar-refractivity contribution in [3.8, 4) is 11.5 Å². The van der Waals surface area contributed by atoms with Crippen molar-refractivity contribution in [1.82, 2.24) is 9.97 Å². The average molecular weight is 382 g/mol. The van der Waals surface area contributed by atoms with E-state index in [4.69, 9.17) is 9.47 Å².